The van der Waals surface area contributed by atoms with Crippen LogP contribution in [0.3, 0.4) is 0 Å². The lowest BCUT2D eigenvalue weighted by atomic mass is 9.89. The van der Waals surface area contributed by atoms with Crippen molar-refractivity contribution < 1.29 is 14.5 Å². The topological polar surface area (TPSA) is 83.8 Å². The summed E-state index contributed by atoms with van der Waals surface area (Å²) in [4.78, 5) is 38.8. The number of non-ortho nitro benzene ring substituents is 1. The van der Waals surface area contributed by atoms with Crippen molar-refractivity contribution in [3.05, 3.63) is 64.2 Å². The molecule has 2 amide bonds. The Balaban J connectivity index is 2.20. The van der Waals surface area contributed by atoms with E-state index in [1.165, 1.54) is 26.0 Å². The number of nitrogens with zero attached hydrogens (tertiary/aromatic N) is 3. The average Bonchev–Trinajstić information content (AvgIpc) is 2.61. The van der Waals surface area contributed by atoms with Crippen LogP contribution in [0.25, 0.3) is 0 Å². The molecule has 0 radical (unpaired) electrons. The van der Waals surface area contributed by atoms with Crippen molar-refractivity contribution in [2.75, 3.05) is 9.80 Å². The van der Waals surface area contributed by atoms with Crippen LogP contribution in [-0.2, 0) is 9.59 Å². The molecule has 0 fully saturated rings. The van der Waals surface area contributed by atoms with Crippen LogP contribution in [0, 0.1) is 10.1 Å². The maximum Gasteiger partial charge on any atom is 0.269 e. The summed E-state index contributed by atoms with van der Waals surface area (Å²) in [7, 11) is 0. The largest absolute Gasteiger partial charge is 0.309 e. The lowest BCUT2D eigenvalue weighted by Gasteiger charge is -2.43. The molecule has 1 aliphatic heterocycles. The van der Waals surface area contributed by atoms with Gasteiger partial charge in [0.05, 0.1) is 11.0 Å². The van der Waals surface area contributed by atoms with Gasteiger partial charge in [0.25, 0.3) is 5.69 Å². The number of fused-ring (bicyclic) bond motifs is 1. The Bertz CT molecular complexity index is 897. The highest BCUT2D eigenvalue weighted by Crippen LogP contribution is 2.43. The molecule has 3 rings (SSSR count). The Kier molecular flexibility index (Phi) is 4.94. The fraction of sp³-hybridized carbons (Fsp3) is 0.300. The minimum atomic E-state index is -0.464. The van der Waals surface area contributed by atoms with E-state index >= 15 is 0 Å². The van der Waals surface area contributed by atoms with Crippen molar-refractivity contribution in [3.63, 3.8) is 0 Å². The van der Waals surface area contributed by atoms with Crippen LogP contribution in [0.2, 0.25) is 0 Å². The van der Waals surface area contributed by atoms with Gasteiger partial charge in [-0.05, 0) is 31.5 Å². The lowest BCUT2D eigenvalue weighted by molar-refractivity contribution is -0.384. The number of hydrogen-bond acceptors (Lipinski definition) is 4. The first-order chi connectivity index (χ1) is 12.8. The van der Waals surface area contributed by atoms with Crippen LogP contribution >= 0.6 is 0 Å². The van der Waals surface area contributed by atoms with Crippen LogP contribution in [0.5, 0.6) is 0 Å². The molecule has 7 nitrogen and oxygen atoms in total. The van der Waals surface area contributed by atoms with Crippen LogP contribution in [-0.4, -0.2) is 22.8 Å². The van der Waals surface area contributed by atoms with E-state index < -0.39 is 11.0 Å². The Labute approximate surface area is 157 Å². The summed E-state index contributed by atoms with van der Waals surface area (Å²) in [5.41, 5.74) is 1.87. The maximum atomic E-state index is 12.5. The van der Waals surface area contributed by atoms with Gasteiger partial charge in [0.15, 0.2) is 0 Å². The molecule has 0 N–H and O–H groups in total. The van der Waals surface area contributed by atoms with Gasteiger partial charge in [-0.2, -0.15) is 0 Å². The van der Waals surface area contributed by atoms with Crippen molar-refractivity contribution in [2.24, 2.45) is 0 Å². The van der Waals surface area contributed by atoms with Gasteiger partial charge in [-0.15, -0.1) is 0 Å². The first-order valence-corrected chi connectivity index (χ1v) is 8.74. The normalized spacial score (nSPS) is 18.6. The van der Waals surface area contributed by atoms with Crippen LogP contribution in [0.1, 0.15) is 38.8 Å². The molecular formula is C20H21N3O4. The average molecular weight is 367 g/mol. The number of hydrogen-bond donors (Lipinski definition) is 0. The van der Waals surface area contributed by atoms with E-state index in [9.17, 15) is 19.7 Å². The van der Waals surface area contributed by atoms with E-state index in [0.29, 0.717) is 17.7 Å². The third-order valence-electron chi connectivity index (χ3n) is 4.87. The number of carbonyl (C=O) groups excluding carboxylic acids is 2. The van der Waals surface area contributed by atoms with E-state index in [0.717, 1.165) is 5.69 Å². The lowest BCUT2D eigenvalue weighted by Crippen LogP contribution is -2.46. The molecule has 2 aromatic carbocycles. The van der Waals surface area contributed by atoms with Gasteiger partial charge >= 0.3 is 0 Å². The summed E-state index contributed by atoms with van der Waals surface area (Å²) in [5.74, 6) is -0.294. The van der Waals surface area contributed by atoms with Gasteiger partial charge in [-0.25, -0.2) is 0 Å². The van der Waals surface area contributed by atoms with E-state index in [2.05, 4.69) is 0 Å². The van der Waals surface area contributed by atoms with Gasteiger partial charge in [-0.3, -0.25) is 19.7 Å². The zero-order chi connectivity index (χ0) is 19.7. The number of amides is 2. The predicted molar refractivity (Wildman–Crippen MR) is 103 cm³/mol. The minimum absolute atomic E-state index is 0.0617. The fourth-order valence-corrected chi connectivity index (χ4v) is 3.83. The van der Waals surface area contributed by atoms with Crippen molar-refractivity contribution in [1.29, 1.82) is 0 Å². The summed E-state index contributed by atoms with van der Waals surface area (Å²) in [6, 6.07) is 13.1. The molecule has 0 saturated carbocycles. The second-order valence-corrected chi connectivity index (χ2v) is 6.71. The molecule has 0 bridgehead atoms. The highest BCUT2D eigenvalue weighted by atomic mass is 16.6. The highest BCUT2D eigenvalue weighted by Gasteiger charge is 2.37. The number of para-hydroxylation sites is 1. The first-order valence-electron chi connectivity index (χ1n) is 8.74. The van der Waals surface area contributed by atoms with Crippen LogP contribution in [0.15, 0.2) is 48.5 Å². The molecular weight excluding hydrogens is 346 g/mol. The van der Waals surface area contributed by atoms with E-state index in [1.807, 2.05) is 37.3 Å². The Hall–Kier alpha value is -3.22. The molecule has 0 spiro atoms. The quantitative estimate of drug-likeness (QED) is 0.609. The number of anilines is 2. The summed E-state index contributed by atoms with van der Waals surface area (Å²) >= 11 is 0. The molecule has 0 unspecified atom stereocenters. The zero-order valence-corrected chi connectivity index (χ0v) is 15.5. The minimum Gasteiger partial charge on any atom is -0.309 e. The number of nitro benzene ring substituents is 1. The van der Waals surface area contributed by atoms with Gasteiger partial charge in [0.2, 0.25) is 11.8 Å². The fourth-order valence-electron chi connectivity index (χ4n) is 3.83. The number of carbonyl (C=O) groups is 2. The van der Waals surface area contributed by atoms with Gasteiger partial charge < -0.3 is 9.80 Å². The molecule has 0 aliphatic carbocycles. The SMILES string of the molecule is CC(=O)N1c2ccc([N+](=O)[O-])cc2[C@H](N(C(C)=O)c2ccccc2)C[C@H]1C. The number of benzene rings is 2. The summed E-state index contributed by atoms with van der Waals surface area (Å²) in [6.07, 6.45) is 0.488. The molecule has 0 saturated heterocycles. The number of rotatable bonds is 3. The second-order valence-electron chi connectivity index (χ2n) is 6.71. The van der Waals surface area contributed by atoms with Gasteiger partial charge in [0, 0.05) is 49.0 Å². The maximum absolute atomic E-state index is 12.5. The molecule has 2 aromatic rings. The van der Waals surface area contributed by atoms with E-state index in [4.69, 9.17) is 0 Å². The summed E-state index contributed by atoms with van der Waals surface area (Å²) in [6.45, 7) is 4.87. The molecule has 0 aromatic heterocycles. The molecule has 1 aliphatic rings. The highest BCUT2D eigenvalue weighted by molar-refractivity contribution is 5.96. The van der Waals surface area contributed by atoms with Crippen molar-refractivity contribution in [1.82, 2.24) is 0 Å². The Morgan fingerprint density at radius 2 is 1.81 bits per heavy atom. The van der Waals surface area contributed by atoms with Gasteiger partial charge in [0.1, 0.15) is 0 Å². The van der Waals surface area contributed by atoms with Crippen molar-refractivity contribution >= 4 is 28.9 Å². The van der Waals surface area contributed by atoms with Gasteiger partial charge in [-0.1, -0.05) is 18.2 Å². The monoisotopic (exact) mass is 367 g/mol. The Morgan fingerprint density at radius 1 is 1.15 bits per heavy atom. The molecule has 140 valence electrons. The summed E-state index contributed by atoms with van der Waals surface area (Å²) < 4.78 is 0. The third kappa shape index (κ3) is 3.40. The molecule has 7 heteroatoms. The molecule has 1 heterocycles. The standard InChI is InChI=1S/C20H21N3O4/c1-13-11-20(22(15(3)25)16-7-5-4-6-8-16)18-12-17(23(26)27)9-10-19(18)21(13)14(2)24/h4-10,12-13,20H,11H2,1-3H3/t13-,20-/m1/s1. The Morgan fingerprint density at radius 3 is 2.37 bits per heavy atom. The second kappa shape index (κ2) is 7.19. The molecule has 2 atom stereocenters. The smallest absolute Gasteiger partial charge is 0.269 e. The van der Waals surface area contributed by atoms with Crippen LogP contribution < -0.4 is 9.80 Å². The first kappa shape index (κ1) is 18.6. The van der Waals surface area contributed by atoms with Crippen molar-refractivity contribution in [3.8, 4) is 0 Å². The predicted octanol–water partition coefficient (Wildman–Crippen LogP) is 3.83. The molecule has 27 heavy (non-hydrogen) atoms. The third-order valence-corrected chi connectivity index (χ3v) is 4.87. The number of nitro groups is 1. The zero-order valence-electron chi connectivity index (χ0n) is 15.5. The summed E-state index contributed by atoms with van der Waals surface area (Å²) in [5, 5.41) is 11.3. The van der Waals surface area contributed by atoms with Crippen molar-refractivity contribution in [2.45, 2.75) is 39.3 Å². The van der Waals surface area contributed by atoms with Crippen LogP contribution in [0.4, 0.5) is 17.1 Å². The van der Waals surface area contributed by atoms with E-state index in [-0.39, 0.29) is 23.5 Å². The van der Waals surface area contributed by atoms with E-state index in [1.54, 1.807) is 15.9 Å².